The van der Waals surface area contributed by atoms with E-state index in [1.807, 2.05) is 6.26 Å². The first-order valence-corrected chi connectivity index (χ1v) is 7.10. The molecular formula is C7H13N3S3. The van der Waals surface area contributed by atoms with Gasteiger partial charge in [-0.25, -0.2) is 0 Å². The van der Waals surface area contributed by atoms with Crippen molar-refractivity contribution in [3.8, 4) is 0 Å². The predicted octanol–water partition coefficient (Wildman–Crippen LogP) is 2.09. The molecule has 0 saturated heterocycles. The lowest BCUT2D eigenvalue weighted by Crippen LogP contribution is -1.98. The SMILES string of the molecule is CSc1nnc(SCCCCN)s1. The molecule has 0 unspecified atom stereocenters. The maximum atomic E-state index is 5.40. The minimum atomic E-state index is 0.784. The molecule has 0 saturated carbocycles. The molecule has 0 spiro atoms. The quantitative estimate of drug-likeness (QED) is 0.604. The van der Waals surface area contributed by atoms with Crippen LogP contribution in [0.4, 0.5) is 0 Å². The Morgan fingerprint density at radius 2 is 2.08 bits per heavy atom. The molecular weight excluding hydrogens is 222 g/mol. The van der Waals surface area contributed by atoms with E-state index in [4.69, 9.17) is 5.73 Å². The number of nitrogens with two attached hydrogens (primary N) is 1. The van der Waals surface area contributed by atoms with Gasteiger partial charge in [0.1, 0.15) is 0 Å². The Morgan fingerprint density at radius 1 is 1.31 bits per heavy atom. The van der Waals surface area contributed by atoms with Crippen LogP contribution in [-0.2, 0) is 0 Å². The van der Waals surface area contributed by atoms with Crippen molar-refractivity contribution in [3.05, 3.63) is 0 Å². The highest BCUT2D eigenvalue weighted by Crippen LogP contribution is 2.27. The van der Waals surface area contributed by atoms with Crippen molar-refractivity contribution in [2.45, 2.75) is 21.5 Å². The summed E-state index contributed by atoms with van der Waals surface area (Å²) in [6.07, 6.45) is 4.28. The summed E-state index contributed by atoms with van der Waals surface area (Å²) in [5.74, 6) is 1.10. The lowest BCUT2D eigenvalue weighted by molar-refractivity contribution is 0.814. The molecule has 0 aliphatic rings. The van der Waals surface area contributed by atoms with Gasteiger partial charge in [0, 0.05) is 5.75 Å². The molecule has 0 fully saturated rings. The van der Waals surface area contributed by atoms with Crippen LogP contribution in [0.1, 0.15) is 12.8 Å². The van der Waals surface area contributed by atoms with E-state index in [9.17, 15) is 0 Å². The van der Waals surface area contributed by atoms with Gasteiger partial charge < -0.3 is 5.73 Å². The molecule has 0 bridgehead atoms. The van der Waals surface area contributed by atoms with E-state index < -0.39 is 0 Å². The van der Waals surface area contributed by atoms with Crippen LogP contribution in [0.2, 0.25) is 0 Å². The van der Waals surface area contributed by atoms with E-state index in [0.29, 0.717) is 0 Å². The highest BCUT2D eigenvalue weighted by molar-refractivity contribution is 8.02. The topological polar surface area (TPSA) is 51.8 Å². The third-order valence-electron chi connectivity index (χ3n) is 1.39. The minimum absolute atomic E-state index is 0.784. The first-order chi connectivity index (χ1) is 6.36. The zero-order valence-corrected chi connectivity index (χ0v) is 9.97. The molecule has 0 aliphatic carbocycles. The molecule has 3 nitrogen and oxygen atoms in total. The molecule has 1 rings (SSSR count). The highest BCUT2D eigenvalue weighted by Gasteiger charge is 2.02. The first kappa shape index (κ1) is 11.3. The summed E-state index contributed by atoms with van der Waals surface area (Å²) in [6, 6.07) is 0. The number of hydrogen-bond donors (Lipinski definition) is 1. The predicted molar refractivity (Wildman–Crippen MR) is 60.7 cm³/mol. The Hall–Kier alpha value is 0.220. The van der Waals surface area contributed by atoms with Crippen molar-refractivity contribution >= 4 is 34.9 Å². The van der Waals surface area contributed by atoms with Crippen LogP contribution in [0.3, 0.4) is 0 Å². The minimum Gasteiger partial charge on any atom is -0.330 e. The fraction of sp³-hybridized carbons (Fsp3) is 0.714. The second kappa shape index (κ2) is 6.64. The van der Waals surface area contributed by atoms with Crippen LogP contribution in [0.15, 0.2) is 8.68 Å². The van der Waals surface area contributed by atoms with Gasteiger partial charge in [-0.15, -0.1) is 10.2 Å². The third kappa shape index (κ3) is 4.30. The van der Waals surface area contributed by atoms with Crippen LogP contribution in [-0.4, -0.2) is 28.8 Å². The van der Waals surface area contributed by atoms with E-state index in [0.717, 1.165) is 33.8 Å². The van der Waals surface area contributed by atoms with Crippen LogP contribution >= 0.6 is 34.9 Å². The second-order valence-corrected chi connectivity index (χ2v) is 5.76. The Bertz CT molecular complexity index is 239. The van der Waals surface area contributed by atoms with Crippen LogP contribution in [0.5, 0.6) is 0 Å². The second-order valence-electron chi connectivity index (χ2n) is 2.38. The molecule has 13 heavy (non-hydrogen) atoms. The summed E-state index contributed by atoms with van der Waals surface area (Å²) in [5, 5.41) is 8.08. The summed E-state index contributed by atoms with van der Waals surface area (Å²) < 4.78 is 2.11. The standard InChI is InChI=1S/C7H13N3S3/c1-11-6-9-10-7(13-6)12-5-3-2-4-8/h2-5,8H2,1H3. The van der Waals surface area contributed by atoms with Gasteiger partial charge in [0.15, 0.2) is 8.68 Å². The normalized spacial score (nSPS) is 10.6. The van der Waals surface area contributed by atoms with Crippen LogP contribution < -0.4 is 5.73 Å². The van der Waals surface area contributed by atoms with E-state index in [-0.39, 0.29) is 0 Å². The molecule has 74 valence electrons. The Morgan fingerprint density at radius 3 is 2.69 bits per heavy atom. The van der Waals surface area contributed by atoms with E-state index in [2.05, 4.69) is 10.2 Å². The number of hydrogen-bond acceptors (Lipinski definition) is 6. The van der Waals surface area contributed by atoms with Gasteiger partial charge in [-0.1, -0.05) is 34.9 Å². The molecule has 0 radical (unpaired) electrons. The van der Waals surface area contributed by atoms with Crippen molar-refractivity contribution < 1.29 is 0 Å². The number of aromatic nitrogens is 2. The van der Waals surface area contributed by atoms with E-state index in [1.54, 1.807) is 34.9 Å². The number of thioether (sulfide) groups is 2. The van der Waals surface area contributed by atoms with E-state index >= 15 is 0 Å². The lowest BCUT2D eigenvalue weighted by atomic mass is 10.3. The summed E-state index contributed by atoms with van der Waals surface area (Å²) >= 11 is 5.08. The van der Waals surface area contributed by atoms with Crippen molar-refractivity contribution in [1.82, 2.24) is 10.2 Å². The Balaban J connectivity index is 2.20. The van der Waals surface area contributed by atoms with Gasteiger partial charge in [0.25, 0.3) is 0 Å². The average molecular weight is 235 g/mol. The Labute approximate surface area is 90.9 Å². The lowest BCUT2D eigenvalue weighted by Gasteiger charge is -1.94. The summed E-state index contributed by atoms with van der Waals surface area (Å²) in [7, 11) is 0. The van der Waals surface area contributed by atoms with Gasteiger partial charge in [-0.2, -0.15) is 0 Å². The summed E-state index contributed by atoms with van der Waals surface area (Å²) in [5.41, 5.74) is 5.40. The fourth-order valence-electron chi connectivity index (χ4n) is 0.744. The van der Waals surface area contributed by atoms with Gasteiger partial charge in [0.2, 0.25) is 0 Å². The average Bonchev–Trinajstić information content (AvgIpc) is 2.60. The zero-order chi connectivity index (χ0) is 9.52. The van der Waals surface area contributed by atoms with Gasteiger partial charge in [0.05, 0.1) is 0 Å². The van der Waals surface area contributed by atoms with Crippen molar-refractivity contribution in [2.24, 2.45) is 5.73 Å². The molecule has 1 heterocycles. The molecule has 0 amide bonds. The van der Waals surface area contributed by atoms with Gasteiger partial charge in [-0.3, -0.25) is 0 Å². The number of nitrogens with zero attached hydrogens (tertiary/aromatic N) is 2. The maximum absolute atomic E-state index is 5.40. The van der Waals surface area contributed by atoms with Gasteiger partial charge >= 0.3 is 0 Å². The van der Waals surface area contributed by atoms with Crippen molar-refractivity contribution in [3.63, 3.8) is 0 Å². The first-order valence-electron chi connectivity index (χ1n) is 4.07. The summed E-state index contributed by atoms with van der Waals surface area (Å²) in [6.45, 7) is 0.784. The highest BCUT2D eigenvalue weighted by atomic mass is 32.2. The molecule has 0 aromatic carbocycles. The monoisotopic (exact) mass is 235 g/mol. The molecule has 1 aromatic rings. The Kier molecular flexibility index (Phi) is 5.77. The maximum Gasteiger partial charge on any atom is 0.175 e. The third-order valence-corrected chi connectivity index (χ3v) is 4.50. The largest absolute Gasteiger partial charge is 0.330 e. The van der Waals surface area contributed by atoms with Crippen molar-refractivity contribution in [1.29, 1.82) is 0 Å². The van der Waals surface area contributed by atoms with Crippen molar-refractivity contribution in [2.75, 3.05) is 18.6 Å². The fourth-order valence-corrected chi connectivity index (χ4v) is 3.25. The smallest absolute Gasteiger partial charge is 0.175 e. The number of unbranched alkanes of at least 4 members (excludes halogenated alkanes) is 1. The molecule has 6 heteroatoms. The van der Waals surface area contributed by atoms with Gasteiger partial charge in [-0.05, 0) is 25.6 Å². The van der Waals surface area contributed by atoms with E-state index in [1.165, 1.54) is 0 Å². The zero-order valence-electron chi connectivity index (χ0n) is 7.52. The summed E-state index contributed by atoms with van der Waals surface area (Å²) in [4.78, 5) is 0. The van der Waals surface area contributed by atoms with Crippen LogP contribution in [0, 0.1) is 0 Å². The van der Waals surface area contributed by atoms with Crippen LogP contribution in [0.25, 0.3) is 0 Å². The molecule has 1 aromatic heterocycles. The number of rotatable bonds is 6. The molecule has 2 N–H and O–H groups in total. The molecule has 0 atom stereocenters. The molecule has 0 aliphatic heterocycles.